The van der Waals surface area contributed by atoms with Crippen molar-refractivity contribution >= 4 is 0 Å². The van der Waals surface area contributed by atoms with E-state index in [1.807, 2.05) is 25.2 Å². The highest BCUT2D eigenvalue weighted by molar-refractivity contribution is 5.18. The van der Waals surface area contributed by atoms with Crippen LogP contribution in [0.1, 0.15) is 24.4 Å². The maximum Gasteiger partial charge on any atom is 0.0622 e. The van der Waals surface area contributed by atoms with Gasteiger partial charge in [0.2, 0.25) is 0 Å². The topological polar surface area (TPSA) is 35.8 Å². The number of nitrogens with one attached hydrogen (secondary N) is 1. The number of benzene rings is 1. The Morgan fingerprint density at radius 1 is 1.38 bits per heavy atom. The standard InChI is InChI=1S/C11H14N2/c1-13-11(8-5-9-12)10-6-3-2-4-7-10/h2-4,6-7,11,13H,5,8H2,1H3. The Labute approximate surface area is 79.2 Å². The third-order valence-electron chi connectivity index (χ3n) is 2.10. The summed E-state index contributed by atoms with van der Waals surface area (Å²) in [6.07, 6.45) is 1.47. The molecule has 0 saturated carbocycles. The number of hydrogen-bond acceptors (Lipinski definition) is 2. The van der Waals surface area contributed by atoms with Gasteiger partial charge in [0.15, 0.2) is 0 Å². The minimum absolute atomic E-state index is 0.306. The highest BCUT2D eigenvalue weighted by Gasteiger charge is 2.06. The summed E-state index contributed by atoms with van der Waals surface area (Å²) in [4.78, 5) is 0. The summed E-state index contributed by atoms with van der Waals surface area (Å²) in [5.41, 5.74) is 1.25. The molecule has 0 spiro atoms. The third-order valence-corrected chi connectivity index (χ3v) is 2.10. The SMILES string of the molecule is CNC(CCC#N)c1ccccc1. The Bertz CT molecular complexity index is 274. The van der Waals surface area contributed by atoms with Crippen LogP contribution in [0, 0.1) is 11.3 Å². The number of nitrogens with zero attached hydrogens (tertiary/aromatic N) is 1. The number of rotatable bonds is 4. The predicted molar refractivity (Wildman–Crippen MR) is 53.1 cm³/mol. The zero-order valence-corrected chi connectivity index (χ0v) is 7.83. The average molecular weight is 174 g/mol. The van der Waals surface area contributed by atoms with Gasteiger partial charge in [-0.15, -0.1) is 0 Å². The monoisotopic (exact) mass is 174 g/mol. The van der Waals surface area contributed by atoms with Crippen molar-refractivity contribution in [2.45, 2.75) is 18.9 Å². The Morgan fingerprint density at radius 3 is 2.62 bits per heavy atom. The van der Waals surface area contributed by atoms with Crippen molar-refractivity contribution in [3.8, 4) is 6.07 Å². The molecule has 0 aromatic heterocycles. The van der Waals surface area contributed by atoms with E-state index >= 15 is 0 Å². The molecule has 13 heavy (non-hydrogen) atoms. The lowest BCUT2D eigenvalue weighted by Crippen LogP contribution is -2.15. The molecule has 2 heteroatoms. The van der Waals surface area contributed by atoms with Gasteiger partial charge < -0.3 is 5.32 Å². The highest BCUT2D eigenvalue weighted by Crippen LogP contribution is 2.16. The van der Waals surface area contributed by atoms with Gasteiger partial charge in [-0.2, -0.15) is 5.26 Å². The maximum atomic E-state index is 8.48. The molecule has 1 unspecified atom stereocenters. The Kier molecular flexibility index (Phi) is 4.01. The van der Waals surface area contributed by atoms with Crippen LogP contribution >= 0.6 is 0 Å². The second-order valence-corrected chi connectivity index (χ2v) is 2.95. The lowest BCUT2D eigenvalue weighted by Gasteiger charge is -2.14. The summed E-state index contributed by atoms with van der Waals surface area (Å²) in [6.45, 7) is 0. The van der Waals surface area contributed by atoms with Crippen LogP contribution in [-0.2, 0) is 0 Å². The highest BCUT2D eigenvalue weighted by atomic mass is 14.9. The first-order valence-corrected chi connectivity index (χ1v) is 4.47. The van der Waals surface area contributed by atoms with Crippen molar-refractivity contribution in [1.82, 2.24) is 5.32 Å². The van der Waals surface area contributed by atoms with E-state index in [0.29, 0.717) is 12.5 Å². The average Bonchev–Trinajstić information content (AvgIpc) is 2.21. The second-order valence-electron chi connectivity index (χ2n) is 2.95. The van der Waals surface area contributed by atoms with Crippen LogP contribution in [0.4, 0.5) is 0 Å². The van der Waals surface area contributed by atoms with Gasteiger partial charge >= 0.3 is 0 Å². The van der Waals surface area contributed by atoms with E-state index in [0.717, 1.165) is 6.42 Å². The van der Waals surface area contributed by atoms with Gasteiger partial charge in [-0.05, 0) is 19.0 Å². The van der Waals surface area contributed by atoms with Crippen molar-refractivity contribution in [2.24, 2.45) is 0 Å². The van der Waals surface area contributed by atoms with Gasteiger partial charge in [0.1, 0.15) is 0 Å². The molecule has 0 saturated heterocycles. The fourth-order valence-electron chi connectivity index (χ4n) is 1.37. The molecule has 2 nitrogen and oxygen atoms in total. The summed E-state index contributed by atoms with van der Waals surface area (Å²) in [5, 5.41) is 11.7. The van der Waals surface area contributed by atoms with Crippen LogP contribution < -0.4 is 5.32 Å². The summed E-state index contributed by atoms with van der Waals surface area (Å²) >= 11 is 0. The van der Waals surface area contributed by atoms with E-state index in [1.165, 1.54) is 5.56 Å². The van der Waals surface area contributed by atoms with Crippen LogP contribution in [-0.4, -0.2) is 7.05 Å². The molecule has 1 atom stereocenters. The van der Waals surface area contributed by atoms with Crippen molar-refractivity contribution in [3.63, 3.8) is 0 Å². The van der Waals surface area contributed by atoms with Gasteiger partial charge in [-0.3, -0.25) is 0 Å². The zero-order valence-electron chi connectivity index (χ0n) is 7.83. The van der Waals surface area contributed by atoms with E-state index < -0.39 is 0 Å². The lowest BCUT2D eigenvalue weighted by molar-refractivity contribution is 0.557. The van der Waals surface area contributed by atoms with Gasteiger partial charge in [-0.1, -0.05) is 30.3 Å². The molecular formula is C11H14N2. The van der Waals surface area contributed by atoms with Crippen LogP contribution in [0.3, 0.4) is 0 Å². The fourth-order valence-corrected chi connectivity index (χ4v) is 1.37. The molecule has 68 valence electrons. The van der Waals surface area contributed by atoms with Gasteiger partial charge in [-0.25, -0.2) is 0 Å². The molecule has 0 amide bonds. The van der Waals surface area contributed by atoms with Crippen molar-refractivity contribution in [2.75, 3.05) is 7.05 Å². The van der Waals surface area contributed by atoms with Crippen LogP contribution in [0.15, 0.2) is 30.3 Å². The first-order chi connectivity index (χ1) is 6.38. The first kappa shape index (κ1) is 9.76. The molecule has 1 rings (SSSR count). The van der Waals surface area contributed by atoms with Crippen LogP contribution in [0.5, 0.6) is 0 Å². The Morgan fingerprint density at radius 2 is 2.08 bits per heavy atom. The van der Waals surface area contributed by atoms with Gasteiger partial charge in [0.25, 0.3) is 0 Å². The molecule has 0 aliphatic rings. The summed E-state index contributed by atoms with van der Waals surface area (Å²) in [5.74, 6) is 0. The molecule has 0 heterocycles. The smallest absolute Gasteiger partial charge is 0.0622 e. The Hall–Kier alpha value is -1.33. The van der Waals surface area contributed by atoms with Crippen LogP contribution in [0.2, 0.25) is 0 Å². The first-order valence-electron chi connectivity index (χ1n) is 4.47. The minimum atomic E-state index is 0.306. The van der Waals surface area contributed by atoms with Crippen molar-refractivity contribution in [1.29, 1.82) is 5.26 Å². The summed E-state index contributed by atoms with van der Waals surface area (Å²) in [7, 11) is 1.93. The molecule has 1 aromatic rings. The van der Waals surface area contributed by atoms with E-state index in [-0.39, 0.29) is 0 Å². The zero-order chi connectivity index (χ0) is 9.52. The molecule has 0 aliphatic carbocycles. The van der Waals surface area contributed by atoms with E-state index in [9.17, 15) is 0 Å². The minimum Gasteiger partial charge on any atom is -0.313 e. The largest absolute Gasteiger partial charge is 0.313 e. The predicted octanol–water partition coefficient (Wildman–Crippen LogP) is 2.25. The molecule has 0 aliphatic heterocycles. The molecule has 1 aromatic carbocycles. The number of hydrogen-bond donors (Lipinski definition) is 1. The molecule has 0 radical (unpaired) electrons. The van der Waals surface area contributed by atoms with Gasteiger partial charge in [0.05, 0.1) is 6.07 Å². The fraction of sp³-hybridized carbons (Fsp3) is 0.364. The van der Waals surface area contributed by atoms with Crippen molar-refractivity contribution in [3.05, 3.63) is 35.9 Å². The molecule has 1 N–H and O–H groups in total. The molecular weight excluding hydrogens is 160 g/mol. The normalized spacial score (nSPS) is 12.0. The number of nitriles is 1. The van der Waals surface area contributed by atoms with E-state index in [1.54, 1.807) is 0 Å². The third kappa shape index (κ3) is 2.89. The quantitative estimate of drug-likeness (QED) is 0.760. The Balaban J connectivity index is 2.63. The van der Waals surface area contributed by atoms with Crippen molar-refractivity contribution < 1.29 is 0 Å². The van der Waals surface area contributed by atoms with Crippen LogP contribution in [0.25, 0.3) is 0 Å². The van der Waals surface area contributed by atoms with E-state index in [4.69, 9.17) is 5.26 Å². The molecule has 0 bridgehead atoms. The maximum absolute atomic E-state index is 8.48. The molecule has 0 fully saturated rings. The summed E-state index contributed by atoms with van der Waals surface area (Å²) < 4.78 is 0. The lowest BCUT2D eigenvalue weighted by atomic mass is 10.0. The van der Waals surface area contributed by atoms with E-state index in [2.05, 4.69) is 23.5 Å². The summed E-state index contributed by atoms with van der Waals surface area (Å²) in [6, 6.07) is 12.7. The second kappa shape index (κ2) is 5.34. The van der Waals surface area contributed by atoms with Gasteiger partial charge in [0, 0.05) is 12.5 Å².